The quantitative estimate of drug-likeness (QED) is 0.774. The fourth-order valence-electron chi connectivity index (χ4n) is 1.79. The minimum absolute atomic E-state index is 0.123. The largest absolute Gasteiger partial charge is 0.495 e. The Labute approximate surface area is 104 Å². The number of amides is 2. The molecule has 0 N–H and O–H groups in total. The van der Waals surface area contributed by atoms with Crippen LogP contribution in [0.15, 0.2) is 18.2 Å². The Balaban J connectivity index is 2.16. The monoisotopic (exact) mass is 253 g/mol. The van der Waals surface area contributed by atoms with Gasteiger partial charge in [-0.25, -0.2) is 0 Å². The molecule has 0 bridgehead atoms. The van der Waals surface area contributed by atoms with Gasteiger partial charge in [0.25, 0.3) is 0 Å². The minimum atomic E-state index is -0.123. The molecule has 1 heterocycles. The summed E-state index contributed by atoms with van der Waals surface area (Å²) in [6.07, 6.45) is 0.617. The molecule has 0 atom stereocenters. The molecule has 1 fully saturated rings. The molecule has 2 amide bonds. The SMILES string of the molecule is COc1ccc(CN2C(=O)CCC2=O)cc1Cl. The number of benzene rings is 1. The lowest BCUT2D eigenvalue weighted by Gasteiger charge is -2.14. The summed E-state index contributed by atoms with van der Waals surface area (Å²) in [4.78, 5) is 24.2. The van der Waals surface area contributed by atoms with Crippen LogP contribution in [0.1, 0.15) is 18.4 Å². The van der Waals surface area contributed by atoms with E-state index in [1.807, 2.05) is 0 Å². The van der Waals surface area contributed by atoms with Crippen LogP contribution in [0.5, 0.6) is 5.75 Å². The van der Waals surface area contributed by atoms with Crippen LogP contribution in [0.2, 0.25) is 5.02 Å². The van der Waals surface area contributed by atoms with E-state index in [0.717, 1.165) is 5.56 Å². The number of hydrogen-bond acceptors (Lipinski definition) is 3. The van der Waals surface area contributed by atoms with Gasteiger partial charge in [-0.05, 0) is 17.7 Å². The summed E-state index contributed by atoms with van der Waals surface area (Å²) < 4.78 is 5.03. The fourth-order valence-corrected chi connectivity index (χ4v) is 2.07. The fraction of sp³-hybridized carbons (Fsp3) is 0.333. The highest BCUT2D eigenvalue weighted by Gasteiger charge is 2.28. The van der Waals surface area contributed by atoms with Gasteiger partial charge in [0.05, 0.1) is 18.7 Å². The number of halogens is 1. The molecule has 0 radical (unpaired) electrons. The van der Waals surface area contributed by atoms with Gasteiger partial charge in [-0.3, -0.25) is 14.5 Å². The summed E-state index contributed by atoms with van der Waals surface area (Å²) in [5, 5.41) is 0.476. The Bertz CT molecular complexity index is 457. The van der Waals surface area contributed by atoms with Gasteiger partial charge in [0, 0.05) is 12.8 Å². The number of ether oxygens (including phenoxy) is 1. The first-order valence-corrected chi connectivity index (χ1v) is 5.65. The molecule has 0 saturated carbocycles. The third-order valence-corrected chi connectivity index (χ3v) is 3.01. The van der Waals surface area contributed by atoms with Crippen LogP contribution in [0.25, 0.3) is 0 Å². The van der Waals surface area contributed by atoms with Gasteiger partial charge in [0.1, 0.15) is 5.75 Å². The van der Waals surface area contributed by atoms with Crippen molar-refractivity contribution in [1.82, 2.24) is 4.90 Å². The third kappa shape index (κ3) is 2.42. The predicted octanol–water partition coefficient (Wildman–Crippen LogP) is 2.00. The van der Waals surface area contributed by atoms with Crippen molar-refractivity contribution in [2.24, 2.45) is 0 Å². The summed E-state index contributed by atoms with van der Waals surface area (Å²) in [6.45, 7) is 0.279. The van der Waals surface area contributed by atoms with E-state index in [1.54, 1.807) is 18.2 Å². The van der Waals surface area contributed by atoms with Gasteiger partial charge in [0.2, 0.25) is 11.8 Å². The smallest absolute Gasteiger partial charge is 0.229 e. The first kappa shape index (κ1) is 11.9. The van der Waals surface area contributed by atoms with E-state index < -0.39 is 0 Å². The molecule has 17 heavy (non-hydrogen) atoms. The van der Waals surface area contributed by atoms with E-state index in [2.05, 4.69) is 0 Å². The van der Waals surface area contributed by atoms with Crippen molar-refractivity contribution in [3.05, 3.63) is 28.8 Å². The van der Waals surface area contributed by atoms with Crippen LogP contribution in [0.3, 0.4) is 0 Å². The van der Waals surface area contributed by atoms with Crippen molar-refractivity contribution in [3.63, 3.8) is 0 Å². The molecule has 1 aromatic carbocycles. The second-order valence-corrected chi connectivity index (χ2v) is 4.25. The number of carbonyl (C=O) groups excluding carboxylic acids is 2. The minimum Gasteiger partial charge on any atom is -0.495 e. The summed E-state index contributed by atoms with van der Waals surface area (Å²) in [5.41, 5.74) is 0.819. The first-order chi connectivity index (χ1) is 8.11. The van der Waals surface area contributed by atoms with Gasteiger partial charge in [-0.2, -0.15) is 0 Å². The van der Waals surface area contributed by atoms with Crippen LogP contribution in [0, 0.1) is 0 Å². The number of imide groups is 1. The molecular weight excluding hydrogens is 242 g/mol. The highest BCUT2D eigenvalue weighted by molar-refractivity contribution is 6.32. The molecule has 0 unspecified atom stereocenters. The number of carbonyl (C=O) groups is 2. The summed E-state index contributed by atoms with van der Waals surface area (Å²) in [5.74, 6) is 0.332. The molecule has 1 aliphatic heterocycles. The molecule has 0 spiro atoms. The number of methoxy groups -OCH3 is 1. The Morgan fingerprint density at radius 2 is 1.94 bits per heavy atom. The second-order valence-electron chi connectivity index (χ2n) is 3.84. The molecule has 0 aromatic heterocycles. The van der Waals surface area contributed by atoms with Gasteiger partial charge >= 0.3 is 0 Å². The summed E-state index contributed by atoms with van der Waals surface area (Å²) in [6, 6.07) is 5.23. The lowest BCUT2D eigenvalue weighted by molar-refractivity contribution is -0.139. The molecule has 4 nitrogen and oxygen atoms in total. The Morgan fingerprint density at radius 3 is 2.47 bits per heavy atom. The zero-order chi connectivity index (χ0) is 12.4. The molecule has 2 rings (SSSR count). The summed E-state index contributed by atoms with van der Waals surface area (Å²) >= 11 is 5.97. The van der Waals surface area contributed by atoms with Crippen LogP contribution in [0.4, 0.5) is 0 Å². The maximum Gasteiger partial charge on any atom is 0.229 e. The number of hydrogen-bond donors (Lipinski definition) is 0. The molecule has 1 saturated heterocycles. The van der Waals surface area contributed by atoms with Crippen molar-refractivity contribution in [2.45, 2.75) is 19.4 Å². The molecule has 0 aliphatic carbocycles. The van der Waals surface area contributed by atoms with E-state index in [1.165, 1.54) is 12.0 Å². The molecule has 90 valence electrons. The molecule has 1 aromatic rings. The number of rotatable bonds is 3. The van der Waals surface area contributed by atoms with E-state index in [9.17, 15) is 9.59 Å². The van der Waals surface area contributed by atoms with Crippen molar-refractivity contribution in [3.8, 4) is 5.75 Å². The van der Waals surface area contributed by atoms with Gasteiger partial charge < -0.3 is 4.74 Å². The van der Waals surface area contributed by atoms with E-state index in [4.69, 9.17) is 16.3 Å². The lowest BCUT2D eigenvalue weighted by Crippen LogP contribution is -2.28. The molecule has 5 heteroatoms. The van der Waals surface area contributed by atoms with Crippen LogP contribution in [-0.4, -0.2) is 23.8 Å². The predicted molar refractivity (Wildman–Crippen MR) is 62.8 cm³/mol. The molecular formula is C12H12ClNO3. The van der Waals surface area contributed by atoms with Crippen LogP contribution < -0.4 is 4.74 Å². The van der Waals surface area contributed by atoms with Crippen molar-refractivity contribution in [1.29, 1.82) is 0 Å². The van der Waals surface area contributed by atoms with E-state index in [0.29, 0.717) is 23.6 Å². The average Bonchev–Trinajstić information content (AvgIpc) is 2.61. The molecule has 1 aliphatic rings. The zero-order valence-electron chi connectivity index (χ0n) is 9.40. The van der Waals surface area contributed by atoms with E-state index in [-0.39, 0.29) is 18.4 Å². The normalized spacial score (nSPS) is 15.5. The van der Waals surface area contributed by atoms with Gasteiger partial charge in [-0.1, -0.05) is 17.7 Å². The number of likely N-dealkylation sites (tertiary alicyclic amines) is 1. The Hall–Kier alpha value is -1.55. The van der Waals surface area contributed by atoms with Crippen molar-refractivity contribution >= 4 is 23.4 Å². The highest BCUT2D eigenvalue weighted by Crippen LogP contribution is 2.26. The zero-order valence-corrected chi connectivity index (χ0v) is 10.2. The topological polar surface area (TPSA) is 46.6 Å². The van der Waals surface area contributed by atoms with Crippen molar-refractivity contribution in [2.75, 3.05) is 7.11 Å². The summed E-state index contributed by atoms with van der Waals surface area (Å²) in [7, 11) is 1.54. The van der Waals surface area contributed by atoms with E-state index >= 15 is 0 Å². The van der Waals surface area contributed by atoms with Crippen molar-refractivity contribution < 1.29 is 14.3 Å². The van der Waals surface area contributed by atoms with Crippen LogP contribution >= 0.6 is 11.6 Å². The van der Waals surface area contributed by atoms with Crippen LogP contribution in [-0.2, 0) is 16.1 Å². The number of nitrogens with zero attached hydrogens (tertiary/aromatic N) is 1. The standard InChI is InChI=1S/C12H12ClNO3/c1-17-10-3-2-8(6-9(10)13)7-14-11(15)4-5-12(14)16/h2-3,6H,4-5,7H2,1H3. The lowest BCUT2D eigenvalue weighted by atomic mass is 10.2. The maximum absolute atomic E-state index is 11.4. The maximum atomic E-state index is 11.4. The third-order valence-electron chi connectivity index (χ3n) is 2.71. The highest BCUT2D eigenvalue weighted by atomic mass is 35.5. The first-order valence-electron chi connectivity index (χ1n) is 5.27. The second kappa shape index (κ2) is 4.75. The Kier molecular flexibility index (Phi) is 3.33. The Morgan fingerprint density at radius 1 is 1.29 bits per heavy atom. The average molecular weight is 254 g/mol. The van der Waals surface area contributed by atoms with Gasteiger partial charge in [0.15, 0.2) is 0 Å². The van der Waals surface area contributed by atoms with Gasteiger partial charge in [-0.15, -0.1) is 0 Å².